The standard InChI is InChI=1S/C54H37NS/c1-3-18-38(19-4-1)39-34-36-41(37-35-39)55(52-32-15-12-27-47(52)49-29-17-30-50-48-28-13-16-33-53(48)56-54(49)50)51-31-14-11-26-46(51)45-25-10-9-24-44(45)43-23-8-7-22-42(43)40-20-5-2-6-21-40/h1-37H. The molecule has 0 aliphatic rings. The van der Waals surface area contributed by atoms with Gasteiger partial charge in [0.15, 0.2) is 0 Å². The van der Waals surface area contributed by atoms with Crippen LogP contribution in [0.3, 0.4) is 0 Å². The number of anilines is 3. The fraction of sp³-hybridized carbons (Fsp3) is 0. The third-order valence-electron chi connectivity index (χ3n) is 10.7. The van der Waals surface area contributed by atoms with Gasteiger partial charge < -0.3 is 4.90 Å². The molecule has 2 heteroatoms. The normalized spacial score (nSPS) is 11.2. The number of nitrogens with zero attached hydrogens (tertiary/aromatic N) is 1. The van der Waals surface area contributed by atoms with E-state index in [1.807, 2.05) is 11.3 Å². The topological polar surface area (TPSA) is 3.24 Å². The molecule has 1 aromatic heterocycles. The molecule has 1 nitrogen and oxygen atoms in total. The van der Waals surface area contributed by atoms with Gasteiger partial charge in [0.25, 0.3) is 0 Å². The molecule has 0 N–H and O–H groups in total. The third kappa shape index (κ3) is 6.07. The van der Waals surface area contributed by atoms with E-state index < -0.39 is 0 Å². The van der Waals surface area contributed by atoms with Gasteiger partial charge in [-0.3, -0.25) is 0 Å². The Hall–Kier alpha value is -7.00. The molecule has 9 aromatic carbocycles. The van der Waals surface area contributed by atoms with E-state index in [-0.39, 0.29) is 0 Å². The van der Waals surface area contributed by atoms with Gasteiger partial charge >= 0.3 is 0 Å². The van der Waals surface area contributed by atoms with Gasteiger partial charge in [-0.25, -0.2) is 0 Å². The van der Waals surface area contributed by atoms with Crippen molar-refractivity contribution in [3.05, 3.63) is 224 Å². The molecule has 0 fully saturated rings. The summed E-state index contributed by atoms with van der Waals surface area (Å²) in [4.78, 5) is 2.46. The van der Waals surface area contributed by atoms with E-state index in [1.165, 1.54) is 70.2 Å². The minimum absolute atomic E-state index is 1.09. The van der Waals surface area contributed by atoms with E-state index in [0.717, 1.165) is 22.6 Å². The number of fused-ring (bicyclic) bond motifs is 3. The van der Waals surface area contributed by atoms with E-state index >= 15 is 0 Å². The van der Waals surface area contributed by atoms with Crippen molar-refractivity contribution in [1.29, 1.82) is 0 Å². The van der Waals surface area contributed by atoms with Crippen LogP contribution >= 0.6 is 11.3 Å². The van der Waals surface area contributed by atoms with Gasteiger partial charge in [-0.05, 0) is 69.3 Å². The lowest BCUT2D eigenvalue weighted by atomic mass is 9.88. The largest absolute Gasteiger partial charge is 0.309 e. The molecule has 0 atom stereocenters. The van der Waals surface area contributed by atoms with Gasteiger partial charge in [-0.1, -0.05) is 194 Å². The van der Waals surface area contributed by atoms with Crippen LogP contribution in [0, 0.1) is 0 Å². The van der Waals surface area contributed by atoms with Gasteiger partial charge in [0, 0.05) is 42.6 Å². The number of para-hydroxylation sites is 2. The van der Waals surface area contributed by atoms with Crippen LogP contribution in [0.15, 0.2) is 224 Å². The maximum absolute atomic E-state index is 2.46. The second-order valence-corrected chi connectivity index (χ2v) is 15.1. The molecule has 264 valence electrons. The monoisotopic (exact) mass is 731 g/mol. The van der Waals surface area contributed by atoms with Gasteiger partial charge in [0.2, 0.25) is 0 Å². The first-order chi connectivity index (χ1) is 27.8. The van der Waals surface area contributed by atoms with E-state index in [0.29, 0.717) is 0 Å². The van der Waals surface area contributed by atoms with Crippen LogP contribution in [0.5, 0.6) is 0 Å². The van der Waals surface area contributed by atoms with Crippen LogP contribution in [0.4, 0.5) is 17.1 Å². The molecule has 0 saturated heterocycles. The van der Waals surface area contributed by atoms with E-state index in [9.17, 15) is 0 Å². The molecular weight excluding hydrogens is 695 g/mol. The van der Waals surface area contributed by atoms with Crippen molar-refractivity contribution in [3.8, 4) is 55.6 Å². The zero-order valence-electron chi connectivity index (χ0n) is 30.7. The summed E-state index contributed by atoms with van der Waals surface area (Å²) in [6, 6.07) is 81.3. The highest BCUT2D eigenvalue weighted by Crippen LogP contribution is 2.49. The van der Waals surface area contributed by atoms with Gasteiger partial charge in [-0.2, -0.15) is 0 Å². The Kier molecular flexibility index (Phi) is 8.79. The molecule has 0 aliphatic carbocycles. The van der Waals surface area contributed by atoms with Crippen molar-refractivity contribution in [1.82, 2.24) is 0 Å². The molecule has 0 unspecified atom stereocenters. The number of thiophene rings is 1. The minimum atomic E-state index is 1.09. The highest BCUT2D eigenvalue weighted by molar-refractivity contribution is 7.26. The Morgan fingerprint density at radius 1 is 0.268 bits per heavy atom. The number of hydrogen-bond donors (Lipinski definition) is 0. The zero-order chi connectivity index (χ0) is 37.3. The predicted molar refractivity (Wildman–Crippen MR) is 241 cm³/mol. The molecule has 0 aliphatic heterocycles. The maximum Gasteiger partial charge on any atom is 0.0540 e. The highest BCUT2D eigenvalue weighted by atomic mass is 32.1. The lowest BCUT2D eigenvalue weighted by Gasteiger charge is -2.30. The lowest BCUT2D eigenvalue weighted by molar-refractivity contribution is 1.28. The Morgan fingerprint density at radius 3 is 1.36 bits per heavy atom. The van der Waals surface area contributed by atoms with Crippen molar-refractivity contribution in [2.24, 2.45) is 0 Å². The molecular formula is C54H37NS. The average Bonchev–Trinajstić information content (AvgIpc) is 3.67. The first-order valence-corrected chi connectivity index (χ1v) is 19.9. The zero-order valence-corrected chi connectivity index (χ0v) is 31.5. The molecule has 1 heterocycles. The third-order valence-corrected chi connectivity index (χ3v) is 12.0. The van der Waals surface area contributed by atoms with Crippen LogP contribution in [0.1, 0.15) is 0 Å². The van der Waals surface area contributed by atoms with Crippen molar-refractivity contribution >= 4 is 48.6 Å². The summed E-state index contributed by atoms with van der Waals surface area (Å²) >= 11 is 1.88. The van der Waals surface area contributed by atoms with Crippen molar-refractivity contribution in [2.45, 2.75) is 0 Å². The second kappa shape index (κ2) is 14.7. The smallest absolute Gasteiger partial charge is 0.0540 e. The quantitative estimate of drug-likeness (QED) is 0.150. The van der Waals surface area contributed by atoms with Crippen LogP contribution in [-0.2, 0) is 0 Å². The van der Waals surface area contributed by atoms with Crippen LogP contribution < -0.4 is 4.90 Å². The molecule has 0 saturated carbocycles. The fourth-order valence-electron chi connectivity index (χ4n) is 8.13. The predicted octanol–water partition coefficient (Wildman–Crippen LogP) is 15.9. The Labute approximate surface area is 332 Å². The van der Waals surface area contributed by atoms with Crippen LogP contribution in [-0.4, -0.2) is 0 Å². The maximum atomic E-state index is 2.46. The number of benzene rings is 9. The first kappa shape index (κ1) is 33.6. The van der Waals surface area contributed by atoms with Gasteiger partial charge in [-0.15, -0.1) is 11.3 Å². The summed E-state index contributed by atoms with van der Waals surface area (Å²) < 4.78 is 2.61. The summed E-state index contributed by atoms with van der Waals surface area (Å²) in [5, 5.41) is 2.60. The lowest BCUT2D eigenvalue weighted by Crippen LogP contribution is -2.12. The van der Waals surface area contributed by atoms with Gasteiger partial charge in [0.05, 0.1) is 11.4 Å². The minimum Gasteiger partial charge on any atom is -0.309 e. The number of rotatable bonds is 8. The molecule has 10 aromatic rings. The second-order valence-electron chi connectivity index (χ2n) is 14.0. The van der Waals surface area contributed by atoms with Crippen LogP contribution in [0.25, 0.3) is 75.8 Å². The molecule has 0 radical (unpaired) electrons. The summed E-state index contributed by atoms with van der Waals surface area (Å²) in [7, 11) is 0. The molecule has 0 spiro atoms. The first-order valence-electron chi connectivity index (χ1n) is 19.1. The van der Waals surface area contributed by atoms with E-state index in [4.69, 9.17) is 0 Å². The molecule has 10 rings (SSSR count). The highest BCUT2D eigenvalue weighted by Gasteiger charge is 2.23. The Morgan fingerprint density at radius 2 is 0.696 bits per heavy atom. The molecule has 56 heavy (non-hydrogen) atoms. The Bertz CT molecular complexity index is 2960. The summed E-state index contributed by atoms with van der Waals surface area (Å²) in [6.07, 6.45) is 0. The SMILES string of the molecule is c1ccc(-c2ccc(N(c3ccccc3-c3ccccc3-c3ccccc3-c3ccccc3)c3ccccc3-c3cccc4c3sc3ccccc34)cc2)cc1. The van der Waals surface area contributed by atoms with E-state index in [2.05, 4.69) is 229 Å². The summed E-state index contributed by atoms with van der Waals surface area (Å²) in [5.74, 6) is 0. The van der Waals surface area contributed by atoms with Crippen molar-refractivity contribution < 1.29 is 0 Å². The summed E-state index contributed by atoms with van der Waals surface area (Å²) in [6.45, 7) is 0. The molecule has 0 bridgehead atoms. The number of hydrogen-bond acceptors (Lipinski definition) is 2. The summed E-state index contributed by atoms with van der Waals surface area (Å²) in [5.41, 5.74) is 15.3. The van der Waals surface area contributed by atoms with E-state index in [1.54, 1.807) is 0 Å². The Balaban J connectivity index is 1.20. The molecule has 0 amide bonds. The fourth-order valence-corrected chi connectivity index (χ4v) is 9.36. The van der Waals surface area contributed by atoms with Crippen molar-refractivity contribution in [3.63, 3.8) is 0 Å². The van der Waals surface area contributed by atoms with Gasteiger partial charge in [0.1, 0.15) is 0 Å². The average molecular weight is 732 g/mol. The van der Waals surface area contributed by atoms with Crippen molar-refractivity contribution in [2.75, 3.05) is 4.90 Å². The van der Waals surface area contributed by atoms with Crippen LogP contribution in [0.2, 0.25) is 0 Å².